The average Bonchev–Trinajstić information content (AvgIpc) is 2.97. The van der Waals surface area contributed by atoms with Crippen molar-refractivity contribution in [1.29, 1.82) is 0 Å². The number of anilines is 1. The van der Waals surface area contributed by atoms with Crippen LogP contribution in [0.5, 0.6) is 0 Å². The molecule has 0 amide bonds. The predicted molar refractivity (Wildman–Crippen MR) is 81.0 cm³/mol. The summed E-state index contributed by atoms with van der Waals surface area (Å²) in [5, 5.41) is 6.81. The van der Waals surface area contributed by atoms with Gasteiger partial charge < -0.3 is 10.1 Å². The molecule has 0 saturated heterocycles. The van der Waals surface area contributed by atoms with Crippen LogP contribution in [0.15, 0.2) is 23.7 Å². The fraction of sp³-hybridized carbons (Fsp3) is 0.467. The zero-order chi connectivity index (χ0) is 13.9. The number of pyridine rings is 1. The summed E-state index contributed by atoms with van der Waals surface area (Å²) in [6.45, 7) is 0. The number of rotatable bonds is 3. The van der Waals surface area contributed by atoms with E-state index in [1.54, 1.807) is 11.3 Å². The zero-order valence-electron chi connectivity index (χ0n) is 11.5. The Morgan fingerprint density at radius 3 is 2.90 bits per heavy atom. The second-order valence-corrected chi connectivity index (χ2v) is 6.16. The maximum absolute atomic E-state index is 11.5. The van der Waals surface area contributed by atoms with Crippen LogP contribution in [0.2, 0.25) is 0 Å². The number of ether oxygens (including phenoxy) is 1. The van der Waals surface area contributed by atoms with E-state index in [0.29, 0.717) is 6.04 Å². The van der Waals surface area contributed by atoms with Crippen LogP contribution in [0.3, 0.4) is 0 Å². The molecule has 1 aliphatic rings. The number of aromatic nitrogens is 1. The van der Waals surface area contributed by atoms with E-state index in [1.165, 1.54) is 17.2 Å². The van der Waals surface area contributed by atoms with E-state index in [4.69, 9.17) is 4.74 Å². The van der Waals surface area contributed by atoms with Crippen molar-refractivity contribution in [2.24, 2.45) is 5.92 Å². The number of esters is 1. The van der Waals surface area contributed by atoms with Gasteiger partial charge in [-0.25, -0.2) is 4.98 Å². The highest BCUT2D eigenvalue weighted by Gasteiger charge is 2.27. The molecule has 1 N–H and O–H groups in total. The molecule has 4 nitrogen and oxygen atoms in total. The minimum atomic E-state index is -0.0680. The second kappa shape index (κ2) is 5.79. The lowest BCUT2D eigenvalue weighted by molar-refractivity contribution is -0.146. The summed E-state index contributed by atoms with van der Waals surface area (Å²) in [7, 11) is 1.47. The van der Waals surface area contributed by atoms with Crippen molar-refractivity contribution in [2.45, 2.75) is 31.7 Å². The number of carbonyl (C=O) groups excluding carboxylic acids is 1. The number of carbonyl (C=O) groups is 1. The molecule has 106 valence electrons. The van der Waals surface area contributed by atoms with Gasteiger partial charge in [0.05, 0.1) is 13.0 Å². The number of fused-ring (bicyclic) bond motifs is 1. The first-order chi connectivity index (χ1) is 9.78. The first-order valence-electron chi connectivity index (χ1n) is 6.94. The molecular weight excluding hydrogens is 272 g/mol. The van der Waals surface area contributed by atoms with Gasteiger partial charge in [0.25, 0.3) is 0 Å². The molecule has 5 heteroatoms. The Morgan fingerprint density at radius 1 is 1.35 bits per heavy atom. The van der Waals surface area contributed by atoms with E-state index in [2.05, 4.69) is 21.7 Å². The highest BCUT2D eigenvalue weighted by atomic mass is 32.1. The molecule has 0 atom stereocenters. The number of methoxy groups -OCH3 is 1. The Bertz CT molecular complexity index is 603. The molecule has 0 unspecified atom stereocenters. The molecule has 2 aromatic rings. The summed E-state index contributed by atoms with van der Waals surface area (Å²) in [5.74, 6) is 0.967. The normalized spacial score (nSPS) is 22.6. The molecule has 1 fully saturated rings. The molecule has 0 spiro atoms. The number of nitrogens with one attached hydrogen (secondary N) is 1. The first kappa shape index (κ1) is 13.4. The van der Waals surface area contributed by atoms with Crippen LogP contribution < -0.4 is 5.32 Å². The van der Waals surface area contributed by atoms with Crippen molar-refractivity contribution in [3.8, 4) is 0 Å². The van der Waals surface area contributed by atoms with E-state index >= 15 is 0 Å². The van der Waals surface area contributed by atoms with Gasteiger partial charge in [-0.3, -0.25) is 4.79 Å². The summed E-state index contributed by atoms with van der Waals surface area (Å²) in [4.78, 5) is 16.0. The average molecular weight is 290 g/mol. The Labute approximate surface area is 122 Å². The van der Waals surface area contributed by atoms with E-state index in [1.807, 2.05) is 12.3 Å². The third-order valence-electron chi connectivity index (χ3n) is 3.98. The fourth-order valence-electron chi connectivity index (χ4n) is 2.84. The first-order valence-corrected chi connectivity index (χ1v) is 7.82. The zero-order valence-corrected chi connectivity index (χ0v) is 12.3. The molecule has 2 aromatic heterocycles. The Kier molecular flexibility index (Phi) is 3.87. The van der Waals surface area contributed by atoms with Crippen molar-refractivity contribution in [2.75, 3.05) is 12.4 Å². The van der Waals surface area contributed by atoms with E-state index in [0.717, 1.165) is 31.5 Å². The van der Waals surface area contributed by atoms with Crippen molar-refractivity contribution < 1.29 is 9.53 Å². The molecule has 0 aromatic carbocycles. The number of hydrogen-bond donors (Lipinski definition) is 1. The summed E-state index contributed by atoms with van der Waals surface area (Å²) in [5.41, 5.74) is 0. The summed E-state index contributed by atoms with van der Waals surface area (Å²) in [6.07, 6.45) is 5.61. The monoisotopic (exact) mass is 290 g/mol. The van der Waals surface area contributed by atoms with Gasteiger partial charge in [-0.05, 0) is 43.2 Å². The Balaban J connectivity index is 1.65. The van der Waals surface area contributed by atoms with E-state index in [9.17, 15) is 4.79 Å². The van der Waals surface area contributed by atoms with Crippen LogP contribution in [0, 0.1) is 5.92 Å². The van der Waals surface area contributed by atoms with Gasteiger partial charge in [-0.2, -0.15) is 0 Å². The lowest BCUT2D eigenvalue weighted by Gasteiger charge is -2.28. The van der Waals surface area contributed by atoms with Crippen LogP contribution in [-0.4, -0.2) is 24.1 Å². The smallest absolute Gasteiger partial charge is 0.308 e. The van der Waals surface area contributed by atoms with Gasteiger partial charge in [0, 0.05) is 22.3 Å². The SMILES string of the molecule is COC(=O)C1CCC(Nc2nccc3sccc23)CC1. The van der Waals surface area contributed by atoms with Crippen LogP contribution in [0.4, 0.5) is 5.82 Å². The fourth-order valence-corrected chi connectivity index (χ4v) is 3.63. The third-order valence-corrected chi connectivity index (χ3v) is 4.86. The van der Waals surface area contributed by atoms with Gasteiger partial charge in [-0.15, -0.1) is 11.3 Å². The van der Waals surface area contributed by atoms with Gasteiger partial charge in [0.1, 0.15) is 5.82 Å². The molecular formula is C15H18N2O2S. The summed E-state index contributed by atoms with van der Waals surface area (Å²) < 4.78 is 6.08. The summed E-state index contributed by atoms with van der Waals surface area (Å²) >= 11 is 1.73. The molecule has 3 rings (SSSR count). The highest BCUT2D eigenvalue weighted by Crippen LogP contribution is 2.30. The number of hydrogen-bond acceptors (Lipinski definition) is 5. The largest absolute Gasteiger partial charge is 0.469 e. The number of nitrogens with zero attached hydrogens (tertiary/aromatic N) is 1. The minimum Gasteiger partial charge on any atom is -0.469 e. The number of thiophene rings is 1. The van der Waals surface area contributed by atoms with Crippen LogP contribution in [0.25, 0.3) is 10.1 Å². The minimum absolute atomic E-state index is 0.0680. The predicted octanol–water partition coefficient (Wildman–Crippen LogP) is 3.44. The molecule has 0 aliphatic heterocycles. The van der Waals surface area contributed by atoms with Crippen molar-refractivity contribution >= 4 is 33.2 Å². The topological polar surface area (TPSA) is 51.2 Å². The maximum atomic E-state index is 11.5. The molecule has 1 saturated carbocycles. The van der Waals surface area contributed by atoms with E-state index < -0.39 is 0 Å². The van der Waals surface area contributed by atoms with Crippen LogP contribution >= 0.6 is 11.3 Å². The van der Waals surface area contributed by atoms with Crippen LogP contribution in [0.1, 0.15) is 25.7 Å². The molecule has 20 heavy (non-hydrogen) atoms. The van der Waals surface area contributed by atoms with Gasteiger partial charge in [-0.1, -0.05) is 0 Å². The Hall–Kier alpha value is -1.62. The lowest BCUT2D eigenvalue weighted by Crippen LogP contribution is -2.30. The summed E-state index contributed by atoms with van der Waals surface area (Å²) in [6, 6.07) is 4.54. The maximum Gasteiger partial charge on any atom is 0.308 e. The highest BCUT2D eigenvalue weighted by molar-refractivity contribution is 7.17. The Morgan fingerprint density at radius 2 is 2.15 bits per heavy atom. The van der Waals surface area contributed by atoms with E-state index in [-0.39, 0.29) is 11.9 Å². The quantitative estimate of drug-likeness (QED) is 0.880. The second-order valence-electron chi connectivity index (χ2n) is 5.21. The van der Waals surface area contributed by atoms with Gasteiger partial charge in [0.15, 0.2) is 0 Å². The van der Waals surface area contributed by atoms with Gasteiger partial charge in [0.2, 0.25) is 0 Å². The van der Waals surface area contributed by atoms with Crippen molar-refractivity contribution in [3.63, 3.8) is 0 Å². The molecule has 1 aliphatic carbocycles. The standard InChI is InChI=1S/C15H18N2O2S/c1-19-15(18)10-2-4-11(5-3-10)17-14-12-7-9-20-13(12)6-8-16-14/h6-11H,2-5H2,1H3,(H,16,17). The van der Waals surface area contributed by atoms with Crippen molar-refractivity contribution in [1.82, 2.24) is 4.98 Å². The van der Waals surface area contributed by atoms with Crippen molar-refractivity contribution in [3.05, 3.63) is 23.7 Å². The lowest BCUT2D eigenvalue weighted by atomic mass is 9.86. The molecule has 0 radical (unpaired) electrons. The molecule has 0 bridgehead atoms. The van der Waals surface area contributed by atoms with Crippen LogP contribution in [-0.2, 0) is 9.53 Å². The van der Waals surface area contributed by atoms with Gasteiger partial charge >= 0.3 is 5.97 Å². The molecule has 2 heterocycles. The third kappa shape index (κ3) is 2.63.